The van der Waals surface area contributed by atoms with Crippen molar-refractivity contribution in [3.63, 3.8) is 0 Å². The molecule has 0 saturated carbocycles. The summed E-state index contributed by atoms with van der Waals surface area (Å²) in [5.41, 5.74) is -1.67. The van der Waals surface area contributed by atoms with Crippen molar-refractivity contribution in [1.82, 2.24) is 0 Å². The fourth-order valence-electron chi connectivity index (χ4n) is 3.27. The van der Waals surface area contributed by atoms with Gasteiger partial charge in [0, 0.05) is 16.8 Å². The molecule has 0 spiro atoms. The molecule has 4 rings (SSSR count). The summed E-state index contributed by atoms with van der Waals surface area (Å²) in [5, 5.41) is 34.9. The van der Waals surface area contributed by atoms with Crippen LogP contribution in [0.3, 0.4) is 0 Å². The summed E-state index contributed by atoms with van der Waals surface area (Å²) >= 11 is 0. The molecule has 0 radical (unpaired) electrons. The van der Waals surface area contributed by atoms with Crippen LogP contribution in [0, 0.1) is 10.1 Å². The van der Waals surface area contributed by atoms with Crippen LogP contribution in [0.1, 0.15) is 31.8 Å². The summed E-state index contributed by atoms with van der Waals surface area (Å²) in [6.07, 6.45) is 0. The Morgan fingerprint density at radius 3 is 2.18 bits per heavy atom. The Morgan fingerprint density at radius 1 is 0.821 bits per heavy atom. The van der Waals surface area contributed by atoms with Crippen molar-refractivity contribution in [2.45, 2.75) is 0 Å². The van der Waals surface area contributed by atoms with E-state index in [1.807, 2.05) is 0 Å². The van der Waals surface area contributed by atoms with Crippen LogP contribution in [0.25, 0.3) is 0 Å². The van der Waals surface area contributed by atoms with E-state index in [0.717, 1.165) is 6.07 Å². The molecule has 0 aromatic heterocycles. The fourth-order valence-corrected chi connectivity index (χ4v) is 3.27. The number of fused-ring (bicyclic) bond motifs is 2. The Morgan fingerprint density at radius 2 is 1.50 bits per heavy atom. The van der Waals surface area contributed by atoms with Crippen molar-refractivity contribution < 1.29 is 24.7 Å². The van der Waals surface area contributed by atoms with Gasteiger partial charge in [-0.05, 0) is 24.3 Å². The third kappa shape index (κ3) is 2.47. The predicted molar refractivity (Wildman–Crippen MR) is 99.5 cm³/mol. The van der Waals surface area contributed by atoms with Crippen LogP contribution in [-0.2, 0) is 0 Å². The van der Waals surface area contributed by atoms with Gasteiger partial charge in [-0.3, -0.25) is 19.7 Å². The maximum Gasteiger partial charge on any atom is 0.308 e. The maximum atomic E-state index is 13.0. The van der Waals surface area contributed by atoms with E-state index in [2.05, 4.69) is 5.32 Å². The summed E-state index contributed by atoms with van der Waals surface area (Å²) in [4.78, 5) is 36.8. The van der Waals surface area contributed by atoms with E-state index in [-0.39, 0.29) is 22.4 Å². The fraction of sp³-hybridized carbons (Fsp3) is 0. The van der Waals surface area contributed by atoms with Crippen LogP contribution in [0.5, 0.6) is 11.5 Å². The number of hydrogen-bond acceptors (Lipinski definition) is 7. The topological polar surface area (TPSA) is 130 Å². The van der Waals surface area contributed by atoms with Crippen molar-refractivity contribution in [3.8, 4) is 11.5 Å². The molecule has 0 bridgehead atoms. The van der Waals surface area contributed by atoms with Gasteiger partial charge in [0.1, 0.15) is 17.1 Å². The molecule has 0 aliphatic heterocycles. The normalized spacial score (nSPS) is 12.3. The molecule has 8 nitrogen and oxygen atoms in total. The number of hydrogen-bond donors (Lipinski definition) is 3. The third-order valence-corrected chi connectivity index (χ3v) is 4.49. The molecule has 1 aliphatic carbocycles. The number of nitro groups is 1. The Kier molecular flexibility index (Phi) is 3.82. The molecule has 28 heavy (non-hydrogen) atoms. The smallest absolute Gasteiger partial charge is 0.308 e. The molecule has 8 heteroatoms. The number of nitro benzene ring substituents is 1. The highest BCUT2D eigenvalue weighted by atomic mass is 16.6. The first-order chi connectivity index (χ1) is 13.4. The maximum absolute atomic E-state index is 13.0. The number of anilines is 2. The molecule has 0 amide bonds. The molecular formula is C20H12N2O6. The molecule has 0 heterocycles. The number of ketones is 2. The van der Waals surface area contributed by atoms with Crippen molar-refractivity contribution in [1.29, 1.82) is 0 Å². The lowest BCUT2D eigenvalue weighted by atomic mass is 9.82. The van der Waals surface area contributed by atoms with Crippen molar-refractivity contribution in [2.24, 2.45) is 0 Å². The van der Waals surface area contributed by atoms with Gasteiger partial charge in [0.15, 0.2) is 11.5 Å². The predicted octanol–water partition coefficient (Wildman–Crippen LogP) is 3.53. The number of carbonyl (C=O) groups excluding carboxylic acids is 2. The van der Waals surface area contributed by atoms with Crippen LogP contribution in [0.4, 0.5) is 17.1 Å². The van der Waals surface area contributed by atoms with Crippen molar-refractivity contribution in [2.75, 3.05) is 5.32 Å². The largest absolute Gasteiger partial charge is 0.507 e. The zero-order valence-electron chi connectivity index (χ0n) is 14.2. The molecule has 0 saturated heterocycles. The molecule has 0 fully saturated rings. The van der Waals surface area contributed by atoms with Gasteiger partial charge in [-0.15, -0.1) is 0 Å². The number of nitrogens with zero attached hydrogens (tertiary/aromatic N) is 1. The lowest BCUT2D eigenvalue weighted by molar-refractivity contribution is -0.384. The number of carbonyl (C=O) groups is 2. The second-order valence-electron chi connectivity index (χ2n) is 6.15. The number of benzene rings is 3. The highest BCUT2D eigenvalue weighted by molar-refractivity contribution is 6.31. The SMILES string of the molecule is O=C1c2cc(O)c(Nc3ccccc3)c([N+](=O)[O-])c2C(=O)c2cccc(O)c21. The molecule has 0 unspecified atom stereocenters. The number of nitrogens with one attached hydrogen (secondary N) is 1. The van der Waals surface area contributed by atoms with Gasteiger partial charge >= 0.3 is 5.69 Å². The quantitative estimate of drug-likeness (QED) is 0.283. The third-order valence-electron chi connectivity index (χ3n) is 4.49. The van der Waals surface area contributed by atoms with Gasteiger partial charge in [0.2, 0.25) is 5.78 Å². The first kappa shape index (κ1) is 17.2. The second kappa shape index (κ2) is 6.20. The van der Waals surface area contributed by atoms with Crippen LogP contribution in [0.2, 0.25) is 0 Å². The van der Waals surface area contributed by atoms with E-state index < -0.39 is 39.2 Å². The number of phenolic OH excluding ortho intramolecular Hbond substituents is 2. The lowest BCUT2D eigenvalue weighted by Crippen LogP contribution is -2.23. The summed E-state index contributed by atoms with van der Waals surface area (Å²) in [6.45, 7) is 0. The molecule has 3 aromatic carbocycles. The van der Waals surface area contributed by atoms with Crippen LogP contribution in [0.15, 0.2) is 54.6 Å². The van der Waals surface area contributed by atoms with Crippen LogP contribution in [-0.4, -0.2) is 26.7 Å². The average molecular weight is 376 g/mol. The summed E-state index contributed by atoms with van der Waals surface area (Å²) in [7, 11) is 0. The summed E-state index contributed by atoms with van der Waals surface area (Å²) in [5.74, 6) is -2.51. The van der Waals surface area contributed by atoms with E-state index in [1.165, 1.54) is 18.2 Å². The van der Waals surface area contributed by atoms with E-state index >= 15 is 0 Å². The van der Waals surface area contributed by atoms with E-state index in [9.17, 15) is 29.9 Å². The van der Waals surface area contributed by atoms with Gasteiger partial charge in [0.25, 0.3) is 0 Å². The zero-order valence-corrected chi connectivity index (χ0v) is 14.2. The highest BCUT2D eigenvalue weighted by Gasteiger charge is 2.40. The Labute approximate surface area is 157 Å². The number of aromatic hydroxyl groups is 2. The molecule has 3 N–H and O–H groups in total. The van der Waals surface area contributed by atoms with Crippen LogP contribution < -0.4 is 5.32 Å². The lowest BCUT2D eigenvalue weighted by Gasteiger charge is -2.20. The van der Waals surface area contributed by atoms with Gasteiger partial charge in [-0.1, -0.05) is 30.3 Å². The average Bonchev–Trinajstić information content (AvgIpc) is 2.67. The number of phenols is 2. The number of rotatable bonds is 3. The minimum atomic E-state index is -0.817. The molecular weight excluding hydrogens is 364 g/mol. The summed E-state index contributed by atoms with van der Waals surface area (Å²) in [6, 6.07) is 13.3. The van der Waals surface area contributed by atoms with Gasteiger partial charge in [-0.25, -0.2) is 0 Å². The standard InChI is InChI=1S/C20H12N2O6/c23-13-8-4-7-11-15(13)20(26)12-9-14(24)17(21-10-5-2-1-3-6-10)18(22(27)28)16(12)19(11)25/h1-9,21,23-24H. The first-order valence-corrected chi connectivity index (χ1v) is 8.18. The zero-order chi connectivity index (χ0) is 20.0. The number of para-hydroxylation sites is 1. The van der Waals surface area contributed by atoms with Crippen LogP contribution >= 0.6 is 0 Å². The Bertz CT molecular complexity index is 1170. The first-order valence-electron chi connectivity index (χ1n) is 8.18. The van der Waals surface area contributed by atoms with Crippen molar-refractivity contribution in [3.05, 3.63) is 87.0 Å². The van der Waals surface area contributed by atoms with Gasteiger partial charge in [0.05, 0.1) is 10.5 Å². The molecule has 1 aliphatic rings. The molecule has 3 aromatic rings. The van der Waals surface area contributed by atoms with Crippen molar-refractivity contribution >= 4 is 28.6 Å². The monoisotopic (exact) mass is 376 g/mol. The Hall–Kier alpha value is -4.20. The van der Waals surface area contributed by atoms with Gasteiger partial charge in [-0.2, -0.15) is 0 Å². The van der Waals surface area contributed by atoms with E-state index in [0.29, 0.717) is 5.69 Å². The highest BCUT2D eigenvalue weighted by Crippen LogP contribution is 2.45. The van der Waals surface area contributed by atoms with E-state index in [4.69, 9.17) is 0 Å². The molecule has 138 valence electrons. The minimum absolute atomic E-state index is 0.128. The minimum Gasteiger partial charge on any atom is -0.507 e. The summed E-state index contributed by atoms with van der Waals surface area (Å²) < 4.78 is 0. The van der Waals surface area contributed by atoms with Gasteiger partial charge < -0.3 is 15.5 Å². The Balaban J connectivity index is 2.00. The second-order valence-corrected chi connectivity index (χ2v) is 6.15. The van der Waals surface area contributed by atoms with E-state index in [1.54, 1.807) is 30.3 Å². The molecule has 0 atom stereocenters.